The summed E-state index contributed by atoms with van der Waals surface area (Å²) >= 11 is 0. The minimum absolute atomic E-state index is 0.0497. The minimum atomic E-state index is -0.591. The molecule has 0 unspecified atom stereocenters. The molecule has 1 aromatic carbocycles. The van der Waals surface area contributed by atoms with Crippen LogP contribution in [-0.4, -0.2) is 16.0 Å². The van der Waals surface area contributed by atoms with Crippen molar-refractivity contribution < 1.29 is 14.2 Å². The molecular formula is C11H10N4O4. The number of nitro benzene ring substituents is 1. The van der Waals surface area contributed by atoms with Crippen LogP contribution in [0.4, 0.5) is 11.4 Å². The van der Waals surface area contributed by atoms with Crippen molar-refractivity contribution in [3.8, 4) is 0 Å². The topological polar surface area (TPSA) is 124 Å². The molecule has 0 bridgehead atoms. The van der Waals surface area contributed by atoms with E-state index in [4.69, 9.17) is 10.3 Å². The molecule has 0 saturated heterocycles. The van der Waals surface area contributed by atoms with Gasteiger partial charge in [-0.2, -0.15) is 0 Å². The van der Waals surface area contributed by atoms with Crippen molar-refractivity contribution >= 4 is 17.3 Å². The van der Waals surface area contributed by atoms with Gasteiger partial charge in [-0.1, -0.05) is 5.16 Å². The molecule has 0 aliphatic carbocycles. The number of non-ortho nitro benzene ring substituents is 1. The number of carbonyl (C=O) groups excluding carboxylic acids is 1. The van der Waals surface area contributed by atoms with Gasteiger partial charge in [0.1, 0.15) is 0 Å². The van der Waals surface area contributed by atoms with E-state index in [0.29, 0.717) is 5.76 Å². The third-order valence-corrected chi connectivity index (χ3v) is 2.41. The van der Waals surface area contributed by atoms with E-state index < -0.39 is 10.8 Å². The number of carbonyl (C=O) groups is 1. The summed E-state index contributed by atoms with van der Waals surface area (Å²) in [6.45, 7) is 0.126. The van der Waals surface area contributed by atoms with Crippen molar-refractivity contribution in [1.82, 2.24) is 10.5 Å². The van der Waals surface area contributed by atoms with Crippen LogP contribution in [0.3, 0.4) is 0 Å². The van der Waals surface area contributed by atoms with E-state index in [0.717, 1.165) is 6.07 Å². The van der Waals surface area contributed by atoms with Gasteiger partial charge in [-0.05, 0) is 6.07 Å². The van der Waals surface area contributed by atoms with Gasteiger partial charge >= 0.3 is 0 Å². The van der Waals surface area contributed by atoms with E-state index in [-0.39, 0.29) is 23.5 Å². The average Bonchev–Trinajstić information content (AvgIpc) is 2.89. The fourth-order valence-corrected chi connectivity index (χ4v) is 1.45. The van der Waals surface area contributed by atoms with Crippen molar-refractivity contribution in [2.75, 3.05) is 5.73 Å². The number of nitrogens with one attached hydrogen (secondary N) is 1. The fraction of sp³-hybridized carbons (Fsp3) is 0.0909. The predicted molar refractivity (Wildman–Crippen MR) is 65.2 cm³/mol. The number of hydrogen-bond acceptors (Lipinski definition) is 6. The Bertz CT molecular complexity index is 609. The first kappa shape index (κ1) is 12.6. The van der Waals surface area contributed by atoms with E-state index in [1.54, 1.807) is 6.07 Å². The van der Waals surface area contributed by atoms with Crippen molar-refractivity contribution in [3.63, 3.8) is 0 Å². The number of benzene rings is 1. The molecule has 98 valence electrons. The lowest BCUT2D eigenvalue weighted by Gasteiger charge is -2.05. The SMILES string of the molecule is Nc1ccc([N+](=O)[O-])cc1C(=O)NCc1ccno1. The Kier molecular flexibility index (Phi) is 3.42. The highest BCUT2D eigenvalue weighted by atomic mass is 16.6. The average molecular weight is 262 g/mol. The maximum absolute atomic E-state index is 11.9. The van der Waals surface area contributed by atoms with Gasteiger partial charge in [-0.3, -0.25) is 14.9 Å². The van der Waals surface area contributed by atoms with Gasteiger partial charge in [0, 0.05) is 23.9 Å². The van der Waals surface area contributed by atoms with Crippen LogP contribution in [0.15, 0.2) is 35.0 Å². The molecule has 8 nitrogen and oxygen atoms in total. The van der Waals surface area contributed by atoms with Gasteiger partial charge in [-0.15, -0.1) is 0 Å². The third kappa shape index (κ3) is 2.86. The summed E-state index contributed by atoms with van der Waals surface area (Å²) in [4.78, 5) is 21.9. The second-order valence-corrected chi connectivity index (χ2v) is 3.69. The molecular weight excluding hydrogens is 252 g/mol. The quantitative estimate of drug-likeness (QED) is 0.482. The van der Waals surface area contributed by atoms with Crippen molar-refractivity contribution in [3.05, 3.63) is 51.9 Å². The number of nitrogen functional groups attached to an aromatic ring is 1. The number of anilines is 1. The number of rotatable bonds is 4. The molecule has 19 heavy (non-hydrogen) atoms. The molecule has 1 aromatic heterocycles. The number of hydrogen-bond donors (Lipinski definition) is 2. The maximum Gasteiger partial charge on any atom is 0.270 e. The number of nitro groups is 1. The Labute approximate surface area is 107 Å². The van der Waals surface area contributed by atoms with Crippen molar-refractivity contribution in [1.29, 1.82) is 0 Å². The van der Waals surface area contributed by atoms with Gasteiger partial charge in [0.25, 0.3) is 11.6 Å². The normalized spacial score (nSPS) is 10.1. The van der Waals surface area contributed by atoms with Crippen LogP contribution in [-0.2, 0) is 6.54 Å². The summed E-state index contributed by atoms with van der Waals surface area (Å²) in [6, 6.07) is 5.28. The van der Waals surface area contributed by atoms with E-state index in [1.807, 2.05) is 0 Å². The Morgan fingerprint density at radius 3 is 2.89 bits per heavy atom. The predicted octanol–water partition coefficient (Wildman–Crippen LogP) is 1.09. The summed E-state index contributed by atoms with van der Waals surface area (Å²) in [5, 5.41) is 16.7. The van der Waals surface area contributed by atoms with Gasteiger partial charge in [0.2, 0.25) is 0 Å². The number of nitrogens with zero attached hydrogens (tertiary/aromatic N) is 2. The Balaban J connectivity index is 2.14. The van der Waals surface area contributed by atoms with Gasteiger partial charge in [0.05, 0.1) is 23.2 Å². The molecule has 0 aliphatic rings. The lowest BCUT2D eigenvalue weighted by atomic mass is 10.1. The molecule has 3 N–H and O–H groups in total. The van der Waals surface area contributed by atoms with Crippen molar-refractivity contribution in [2.45, 2.75) is 6.54 Å². The zero-order chi connectivity index (χ0) is 13.8. The zero-order valence-electron chi connectivity index (χ0n) is 9.70. The highest BCUT2D eigenvalue weighted by Gasteiger charge is 2.15. The van der Waals surface area contributed by atoms with Gasteiger partial charge < -0.3 is 15.6 Å². The second-order valence-electron chi connectivity index (χ2n) is 3.69. The van der Waals surface area contributed by atoms with E-state index in [9.17, 15) is 14.9 Å². The summed E-state index contributed by atoms with van der Waals surface area (Å²) in [7, 11) is 0. The molecule has 0 radical (unpaired) electrons. The second kappa shape index (κ2) is 5.17. The van der Waals surface area contributed by atoms with Crippen LogP contribution < -0.4 is 11.1 Å². The number of aromatic nitrogens is 1. The molecule has 0 aliphatic heterocycles. The molecule has 0 atom stereocenters. The highest BCUT2D eigenvalue weighted by Crippen LogP contribution is 2.19. The van der Waals surface area contributed by atoms with Gasteiger partial charge in [-0.25, -0.2) is 0 Å². The lowest BCUT2D eigenvalue weighted by molar-refractivity contribution is -0.384. The van der Waals surface area contributed by atoms with E-state index in [2.05, 4.69) is 10.5 Å². The third-order valence-electron chi connectivity index (χ3n) is 2.41. The standard InChI is InChI=1S/C11H10N4O4/c12-10-2-1-7(15(17)18)5-9(10)11(16)13-6-8-3-4-14-19-8/h1-5H,6,12H2,(H,13,16). The van der Waals surface area contributed by atoms with E-state index >= 15 is 0 Å². The summed E-state index contributed by atoms with van der Waals surface area (Å²) in [5.41, 5.74) is 5.64. The minimum Gasteiger partial charge on any atom is -0.398 e. The van der Waals surface area contributed by atoms with Crippen LogP contribution in [0.2, 0.25) is 0 Å². The van der Waals surface area contributed by atoms with Crippen LogP contribution >= 0.6 is 0 Å². The van der Waals surface area contributed by atoms with E-state index in [1.165, 1.54) is 18.3 Å². The summed E-state index contributed by atoms with van der Waals surface area (Å²) in [5.74, 6) is -0.0463. The monoisotopic (exact) mass is 262 g/mol. The number of nitrogens with two attached hydrogens (primary N) is 1. The Hall–Kier alpha value is -2.90. The fourth-order valence-electron chi connectivity index (χ4n) is 1.45. The van der Waals surface area contributed by atoms with Crippen LogP contribution in [0.25, 0.3) is 0 Å². The first-order valence-electron chi connectivity index (χ1n) is 5.29. The van der Waals surface area contributed by atoms with Crippen LogP contribution in [0, 0.1) is 10.1 Å². The maximum atomic E-state index is 11.9. The first-order chi connectivity index (χ1) is 9.08. The first-order valence-corrected chi connectivity index (χ1v) is 5.29. The molecule has 0 spiro atoms. The molecule has 2 rings (SSSR count). The summed E-state index contributed by atoms with van der Waals surface area (Å²) in [6.07, 6.45) is 1.45. The molecule has 0 saturated carbocycles. The van der Waals surface area contributed by atoms with Crippen LogP contribution in [0.5, 0.6) is 0 Å². The molecule has 1 amide bonds. The molecule has 0 fully saturated rings. The van der Waals surface area contributed by atoms with Crippen molar-refractivity contribution in [2.24, 2.45) is 0 Å². The zero-order valence-corrected chi connectivity index (χ0v) is 9.70. The molecule has 2 aromatic rings. The number of amides is 1. The lowest BCUT2D eigenvalue weighted by Crippen LogP contribution is -2.23. The summed E-state index contributed by atoms with van der Waals surface area (Å²) < 4.78 is 4.81. The Morgan fingerprint density at radius 1 is 1.47 bits per heavy atom. The molecule has 1 heterocycles. The van der Waals surface area contributed by atoms with Crippen LogP contribution in [0.1, 0.15) is 16.1 Å². The highest BCUT2D eigenvalue weighted by molar-refractivity contribution is 5.99. The van der Waals surface area contributed by atoms with Gasteiger partial charge in [0.15, 0.2) is 5.76 Å². The Morgan fingerprint density at radius 2 is 2.26 bits per heavy atom. The largest absolute Gasteiger partial charge is 0.398 e. The molecule has 8 heteroatoms. The smallest absolute Gasteiger partial charge is 0.270 e.